The van der Waals surface area contributed by atoms with Crippen LogP contribution in [-0.2, 0) is 20.2 Å². The molecule has 31 heavy (non-hydrogen) atoms. The molecule has 0 spiro atoms. The van der Waals surface area contributed by atoms with Gasteiger partial charge >= 0.3 is 0 Å². The van der Waals surface area contributed by atoms with Gasteiger partial charge in [0.1, 0.15) is 11.5 Å². The van der Waals surface area contributed by atoms with Gasteiger partial charge in [-0.25, -0.2) is 0 Å². The van der Waals surface area contributed by atoms with Gasteiger partial charge < -0.3 is 4.74 Å². The summed E-state index contributed by atoms with van der Waals surface area (Å²) in [7, 11) is -8.54. The maximum absolute atomic E-state index is 11.3. The Kier molecular flexibility index (Phi) is 8.37. The van der Waals surface area contributed by atoms with Gasteiger partial charge in [-0.1, -0.05) is 24.3 Å². The molecule has 0 aliphatic rings. The van der Waals surface area contributed by atoms with Crippen molar-refractivity contribution in [3.63, 3.8) is 0 Å². The minimum atomic E-state index is -4.27. The largest absolute Gasteiger partial charge is 0.457 e. The number of hydrogen-bond acceptors (Lipinski definition) is 5. The van der Waals surface area contributed by atoms with E-state index in [1.807, 2.05) is 0 Å². The predicted molar refractivity (Wildman–Crippen MR) is 119 cm³/mol. The molecule has 0 heterocycles. The van der Waals surface area contributed by atoms with Crippen LogP contribution in [0.15, 0.2) is 82.6 Å². The normalized spacial score (nSPS) is 11.5. The molecular weight excluding hydrogens is 462 g/mol. The van der Waals surface area contributed by atoms with Crippen LogP contribution in [-0.4, -0.2) is 85.1 Å². The van der Waals surface area contributed by atoms with Gasteiger partial charge in [0.25, 0.3) is 20.2 Å². The Morgan fingerprint density at radius 1 is 0.516 bits per heavy atom. The van der Waals surface area contributed by atoms with Crippen molar-refractivity contribution in [3.05, 3.63) is 72.8 Å². The van der Waals surface area contributed by atoms with Gasteiger partial charge in [-0.05, 0) is 70.1 Å². The average Bonchev–Trinajstić information content (AvgIpc) is 2.65. The Morgan fingerprint density at radius 3 is 1.19 bits per heavy atom. The van der Waals surface area contributed by atoms with Crippen molar-refractivity contribution in [3.8, 4) is 11.5 Å². The Balaban J connectivity index is 0.00000171. The molecule has 0 aliphatic carbocycles. The molecule has 4 aromatic carbocycles. The fourth-order valence-corrected chi connectivity index (χ4v) is 4.02. The molecule has 0 fully saturated rings. The van der Waals surface area contributed by atoms with Crippen molar-refractivity contribution in [2.24, 2.45) is 0 Å². The Bertz CT molecular complexity index is 1370. The van der Waals surface area contributed by atoms with E-state index in [9.17, 15) is 16.8 Å². The third kappa shape index (κ3) is 6.08. The van der Waals surface area contributed by atoms with E-state index in [4.69, 9.17) is 13.8 Å². The standard InChI is InChI=1S/C20H14O7S2.2Na/c21-28(22,23)19-7-3-13-9-17(5-1-15(13)11-19)27-18-6-2-16-12-20(29(24,25)26)8-4-14(16)10-18;;/h1-12H,(H,21,22,23)(H,24,25,26);;. The molecule has 0 saturated heterocycles. The van der Waals surface area contributed by atoms with E-state index >= 15 is 0 Å². The van der Waals surface area contributed by atoms with Crippen LogP contribution < -0.4 is 4.74 Å². The van der Waals surface area contributed by atoms with Crippen LogP contribution >= 0.6 is 0 Å². The summed E-state index contributed by atoms with van der Waals surface area (Å²) in [5.41, 5.74) is 0. The first kappa shape index (κ1) is 26.3. The zero-order chi connectivity index (χ0) is 20.8. The second-order valence-electron chi connectivity index (χ2n) is 6.39. The zero-order valence-corrected chi connectivity index (χ0v) is 22.3. The molecular formula is C20H14Na2O7S2. The van der Waals surface area contributed by atoms with Crippen molar-refractivity contribution < 1.29 is 30.7 Å². The van der Waals surface area contributed by atoms with E-state index in [0.29, 0.717) is 22.3 Å². The monoisotopic (exact) mass is 476 g/mol. The quantitative estimate of drug-likeness (QED) is 0.342. The molecule has 0 aromatic heterocycles. The fourth-order valence-electron chi connectivity index (χ4n) is 2.99. The summed E-state index contributed by atoms with van der Waals surface area (Å²) in [6, 6.07) is 18.7. The molecule has 0 aliphatic heterocycles. The summed E-state index contributed by atoms with van der Waals surface area (Å²) in [4.78, 5) is -0.366. The number of ether oxygens (including phenoxy) is 1. The van der Waals surface area contributed by atoms with Gasteiger partial charge in [0, 0.05) is 59.1 Å². The van der Waals surface area contributed by atoms with E-state index < -0.39 is 20.2 Å². The van der Waals surface area contributed by atoms with E-state index in [-0.39, 0.29) is 68.9 Å². The molecule has 0 bridgehead atoms. The third-order valence-corrected chi connectivity index (χ3v) is 6.10. The first-order chi connectivity index (χ1) is 13.6. The Hall–Kier alpha value is -0.980. The summed E-state index contributed by atoms with van der Waals surface area (Å²) in [5, 5.41) is 2.72. The topological polar surface area (TPSA) is 118 Å². The minimum absolute atomic E-state index is 0. The first-order valence-corrected chi connectivity index (χ1v) is 11.2. The predicted octanol–water partition coefficient (Wildman–Crippen LogP) is 3.52. The van der Waals surface area contributed by atoms with Gasteiger partial charge in [-0.2, -0.15) is 16.8 Å². The Morgan fingerprint density at radius 2 is 0.839 bits per heavy atom. The third-order valence-electron chi connectivity index (χ3n) is 4.40. The van der Waals surface area contributed by atoms with Crippen LogP contribution in [0.4, 0.5) is 0 Å². The summed E-state index contributed by atoms with van der Waals surface area (Å²) < 4.78 is 69.2. The van der Waals surface area contributed by atoms with Gasteiger partial charge in [0.2, 0.25) is 0 Å². The molecule has 4 rings (SSSR count). The average molecular weight is 476 g/mol. The molecule has 0 amide bonds. The van der Waals surface area contributed by atoms with Crippen LogP contribution in [0.2, 0.25) is 0 Å². The van der Waals surface area contributed by atoms with Gasteiger partial charge in [0.15, 0.2) is 0 Å². The molecule has 150 valence electrons. The SMILES string of the molecule is O=S(=O)(O)c1ccc2cc(Oc3ccc4cc(S(=O)(=O)O)ccc4c3)ccc2c1.[Na].[Na]. The summed E-state index contributed by atoms with van der Waals surface area (Å²) in [6.07, 6.45) is 0. The van der Waals surface area contributed by atoms with Gasteiger partial charge in [-0.15, -0.1) is 0 Å². The van der Waals surface area contributed by atoms with Crippen molar-refractivity contribution in [2.75, 3.05) is 0 Å². The summed E-state index contributed by atoms with van der Waals surface area (Å²) in [6.45, 7) is 0. The van der Waals surface area contributed by atoms with E-state index in [2.05, 4.69) is 0 Å². The van der Waals surface area contributed by atoms with Crippen LogP contribution in [0.5, 0.6) is 11.5 Å². The molecule has 0 unspecified atom stereocenters. The number of hydrogen-bond donors (Lipinski definition) is 2. The van der Waals surface area contributed by atoms with Crippen molar-refractivity contribution in [1.82, 2.24) is 0 Å². The Labute approximate surface area is 223 Å². The maximum Gasteiger partial charge on any atom is 0.294 e. The maximum atomic E-state index is 11.3. The van der Waals surface area contributed by atoms with Crippen molar-refractivity contribution >= 4 is 101 Å². The van der Waals surface area contributed by atoms with Crippen molar-refractivity contribution in [2.45, 2.75) is 9.79 Å². The molecule has 0 saturated carbocycles. The zero-order valence-electron chi connectivity index (χ0n) is 16.7. The molecule has 2 radical (unpaired) electrons. The van der Waals surface area contributed by atoms with Crippen LogP contribution in [0.3, 0.4) is 0 Å². The van der Waals surface area contributed by atoms with Gasteiger partial charge in [0.05, 0.1) is 9.79 Å². The molecule has 2 N–H and O–H groups in total. The molecule has 4 aromatic rings. The summed E-state index contributed by atoms with van der Waals surface area (Å²) in [5.74, 6) is 1.04. The van der Waals surface area contributed by atoms with E-state index in [1.165, 1.54) is 24.3 Å². The van der Waals surface area contributed by atoms with Crippen LogP contribution in [0.25, 0.3) is 21.5 Å². The molecule has 11 heteroatoms. The summed E-state index contributed by atoms with van der Waals surface area (Å²) >= 11 is 0. The number of benzene rings is 4. The van der Waals surface area contributed by atoms with E-state index in [1.54, 1.807) is 48.5 Å². The van der Waals surface area contributed by atoms with Crippen LogP contribution in [0.1, 0.15) is 0 Å². The smallest absolute Gasteiger partial charge is 0.294 e. The van der Waals surface area contributed by atoms with Crippen LogP contribution in [0, 0.1) is 0 Å². The first-order valence-electron chi connectivity index (χ1n) is 8.30. The molecule has 7 nitrogen and oxygen atoms in total. The number of fused-ring (bicyclic) bond motifs is 2. The minimum Gasteiger partial charge on any atom is -0.457 e. The number of rotatable bonds is 4. The van der Waals surface area contributed by atoms with Gasteiger partial charge in [-0.3, -0.25) is 9.11 Å². The molecule has 0 atom stereocenters. The second kappa shape index (κ2) is 9.88. The van der Waals surface area contributed by atoms with Crippen molar-refractivity contribution in [1.29, 1.82) is 0 Å². The second-order valence-corrected chi connectivity index (χ2v) is 9.24. The fraction of sp³-hybridized carbons (Fsp3) is 0. The van der Waals surface area contributed by atoms with E-state index in [0.717, 1.165) is 10.8 Å².